The van der Waals surface area contributed by atoms with E-state index in [1.165, 1.54) is 12.1 Å². The van der Waals surface area contributed by atoms with E-state index >= 15 is 0 Å². The summed E-state index contributed by atoms with van der Waals surface area (Å²) in [4.78, 5) is 0. The van der Waals surface area contributed by atoms with Crippen LogP contribution in [0.2, 0.25) is 0 Å². The number of halogens is 1. The number of benzene rings is 2. The largest absolute Gasteiger partial charge is 0.487 e. The molecule has 3 aromatic rings. The Morgan fingerprint density at radius 1 is 1.00 bits per heavy atom. The van der Waals surface area contributed by atoms with Gasteiger partial charge in [-0.15, -0.1) is 0 Å². The average Bonchev–Trinajstić information content (AvgIpc) is 2.95. The minimum absolute atomic E-state index is 0.308. The van der Waals surface area contributed by atoms with E-state index in [1.807, 2.05) is 42.6 Å². The van der Waals surface area contributed by atoms with Crippen molar-refractivity contribution in [1.29, 1.82) is 0 Å². The van der Waals surface area contributed by atoms with E-state index < -0.39 is 0 Å². The van der Waals surface area contributed by atoms with E-state index in [-0.39, 0.29) is 5.82 Å². The minimum atomic E-state index is -0.308. The van der Waals surface area contributed by atoms with Crippen LogP contribution in [0.1, 0.15) is 5.69 Å². The van der Waals surface area contributed by atoms with Crippen molar-refractivity contribution in [2.75, 3.05) is 0 Å². The van der Waals surface area contributed by atoms with Gasteiger partial charge in [-0.25, -0.2) is 9.07 Å². The molecule has 0 unspecified atom stereocenters. The summed E-state index contributed by atoms with van der Waals surface area (Å²) < 4.78 is 20.3. The number of nitrogens with zero attached hydrogens (tertiary/aromatic N) is 2. The number of aromatic nitrogens is 2. The molecule has 0 aliphatic rings. The van der Waals surface area contributed by atoms with Gasteiger partial charge in [0.1, 0.15) is 23.9 Å². The first kappa shape index (κ1) is 12.4. The van der Waals surface area contributed by atoms with Crippen molar-refractivity contribution in [2.45, 2.75) is 6.61 Å². The highest BCUT2D eigenvalue weighted by molar-refractivity contribution is 5.30. The molecular formula is C16H13FN2O. The number of para-hydroxylation sites is 1. The van der Waals surface area contributed by atoms with Gasteiger partial charge in [-0.1, -0.05) is 24.3 Å². The van der Waals surface area contributed by atoms with Gasteiger partial charge in [-0.05, 0) is 30.3 Å². The van der Waals surface area contributed by atoms with E-state index in [0.29, 0.717) is 12.4 Å². The van der Waals surface area contributed by atoms with Crippen LogP contribution < -0.4 is 4.74 Å². The van der Waals surface area contributed by atoms with Crippen molar-refractivity contribution in [3.8, 4) is 11.4 Å². The highest BCUT2D eigenvalue weighted by Crippen LogP contribution is 2.14. The third kappa shape index (κ3) is 2.85. The Morgan fingerprint density at radius 2 is 1.85 bits per heavy atom. The van der Waals surface area contributed by atoms with Gasteiger partial charge in [0.15, 0.2) is 0 Å². The number of hydrogen-bond donors (Lipinski definition) is 0. The van der Waals surface area contributed by atoms with Crippen LogP contribution in [0.3, 0.4) is 0 Å². The molecule has 1 heterocycles. The molecule has 1 aromatic heterocycles. The fraction of sp³-hybridized carbons (Fsp3) is 0.0625. The summed E-state index contributed by atoms with van der Waals surface area (Å²) >= 11 is 0. The van der Waals surface area contributed by atoms with Crippen LogP contribution in [0.15, 0.2) is 66.9 Å². The number of rotatable bonds is 4. The third-order valence-corrected chi connectivity index (χ3v) is 2.85. The lowest BCUT2D eigenvalue weighted by Gasteiger charge is -2.04. The average molecular weight is 268 g/mol. The molecule has 0 radical (unpaired) electrons. The molecule has 0 saturated heterocycles. The summed E-state index contributed by atoms with van der Waals surface area (Å²) in [5.74, 6) is 0.191. The zero-order valence-electron chi connectivity index (χ0n) is 10.7. The maximum Gasteiger partial charge on any atom is 0.132 e. The molecule has 100 valence electrons. The summed E-state index contributed by atoms with van der Waals surface area (Å²) in [5.41, 5.74) is 1.78. The van der Waals surface area contributed by atoms with Gasteiger partial charge in [-0.3, -0.25) is 0 Å². The van der Waals surface area contributed by atoms with Gasteiger partial charge in [0.25, 0.3) is 0 Å². The number of hydrogen-bond acceptors (Lipinski definition) is 2. The maximum atomic E-state index is 13.0. The Balaban J connectivity index is 1.69. The Bertz CT molecular complexity index is 694. The van der Waals surface area contributed by atoms with Gasteiger partial charge in [0.05, 0.1) is 5.69 Å². The molecule has 0 aliphatic heterocycles. The minimum Gasteiger partial charge on any atom is -0.487 e. The molecular weight excluding hydrogens is 255 g/mol. The second-order valence-electron chi connectivity index (χ2n) is 4.33. The van der Waals surface area contributed by atoms with E-state index in [0.717, 1.165) is 11.4 Å². The summed E-state index contributed by atoms with van der Waals surface area (Å²) in [5, 5.41) is 4.42. The van der Waals surface area contributed by atoms with E-state index in [4.69, 9.17) is 4.74 Å². The second-order valence-corrected chi connectivity index (χ2v) is 4.33. The lowest BCUT2D eigenvalue weighted by Crippen LogP contribution is -1.99. The molecule has 0 fully saturated rings. The van der Waals surface area contributed by atoms with Crippen molar-refractivity contribution in [3.63, 3.8) is 0 Å². The van der Waals surface area contributed by atoms with Crippen molar-refractivity contribution in [3.05, 3.63) is 78.4 Å². The zero-order chi connectivity index (χ0) is 13.8. The van der Waals surface area contributed by atoms with Gasteiger partial charge in [0, 0.05) is 12.3 Å². The fourth-order valence-corrected chi connectivity index (χ4v) is 1.88. The summed E-state index contributed by atoms with van der Waals surface area (Å²) in [6.07, 6.45) is 1.87. The van der Waals surface area contributed by atoms with Crippen molar-refractivity contribution < 1.29 is 9.13 Å². The lowest BCUT2D eigenvalue weighted by atomic mass is 10.3. The summed E-state index contributed by atoms with van der Waals surface area (Å²) in [6.45, 7) is 0.309. The van der Waals surface area contributed by atoms with Gasteiger partial charge in [-0.2, -0.15) is 5.10 Å². The Morgan fingerprint density at radius 3 is 2.65 bits per heavy atom. The molecule has 20 heavy (non-hydrogen) atoms. The van der Waals surface area contributed by atoms with E-state index in [1.54, 1.807) is 16.8 Å². The maximum absolute atomic E-state index is 13.0. The van der Waals surface area contributed by atoms with E-state index in [9.17, 15) is 4.39 Å². The molecule has 0 aliphatic carbocycles. The lowest BCUT2D eigenvalue weighted by molar-refractivity contribution is 0.299. The van der Waals surface area contributed by atoms with Crippen LogP contribution in [-0.2, 0) is 6.61 Å². The molecule has 2 aromatic carbocycles. The smallest absolute Gasteiger partial charge is 0.132 e. The van der Waals surface area contributed by atoms with Crippen LogP contribution in [0.25, 0.3) is 5.69 Å². The fourth-order valence-electron chi connectivity index (χ4n) is 1.88. The van der Waals surface area contributed by atoms with Crippen LogP contribution in [0.5, 0.6) is 5.75 Å². The first-order valence-electron chi connectivity index (χ1n) is 6.29. The predicted molar refractivity (Wildman–Crippen MR) is 74.3 cm³/mol. The van der Waals surface area contributed by atoms with Gasteiger partial charge < -0.3 is 4.74 Å². The van der Waals surface area contributed by atoms with Crippen molar-refractivity contribution >= 4 is 0 Å². The summed E-state index contributed by atoms with van der Waals surface area (Å²) in [6, 6.07) is 17.8. The topological polar surface area (TPSA) is 27.1 Å². The first-order chi connectivity index (χ1) is 9.81. The monoisotopic (exact) mass is 268 g/mol. The molecule has 0 saturated carbocycles. The van der Waals surface area contributed by atoms with Crippen LogP contribution in [-0.4, -0.2) is 9.78 Å². The quantitative estimate of drug-likeness (QED) is 0.723. The molecule has 0 bridgehead atoms. The molecule has 3 rings (SSSR count). The van der Waals surface area contributed by atoms with Gasteiger partial charge >= 0.3 is 0 Å². The van der Waals surface area contributed by atoms with Crippen LogP contribution in [0, 0.1) is 5.82 Å². The normalized spacial score (nSPS) is 10.4. The van der Waals surface area contributed by atoms with Gasteiger partial charge in [0.2, 0.25) is 0 Å². The van der Waals surface area contributed by atoms with E-state index in [2.05, 4.69) is 5.10 Å². The third-order valence-electron chi connectivity index (χ3n) is 2.85. The van der Waals surface area contributed by atoms with Crippen LogP contribution in [0.4, 0.5) is 4.39 Å². The molecule has 3 nitrogen and oxygen atoms in total. The second kappa shape index (κ2) is 5.57. The molecule has 0 spiro atoms. The van der Waals surface area contributed by atoms with Crippen molar-refractivity contribution in [1.82, 2.24) is 9.78 Å². The molecule has 4 heteroatoms. The standard InChI is InChI=1S/C16H13FN2O/c17-13-5-4-8-16(11-13)20-12-14-9-10-19(18-14)15-6-2-1-3-7-15/h1-11H,12H2. The Hall–Kier alpha value is -2.62. The number of ether oxygens (including phenoxy) is 1. The predicted octanol–water partition coefficient (Wildman–Crippen LogP) is 3.59. The highest BCUT2D eigenvalue weighted by atomic mass is 19.1. The first-order valence-corrected chi connectivity index (χ1v) is 6.29. The molecule has 0 amide bonds. The highest BCUT2D eigenvalue weighted by Gasteiger charge is 2.02. The molecule has 0 atom stereocenters. The summed E-state index contributed by atoms with van der Waals surface area (Å²) in [7, 11) is 0. The SMILES string of the molecule is Fc1cccc(OCc2ccn(-c3ccccc3)n2)c1. The van der Waals surface area contributed by atoms with Crippen molar-refractivity contribution in [2.24, 2.45) is 0 Å². The molecule has 0 N–H and O–H groups in total. The Labute approximate surface area is 116 Å². The zero-order valence-corrected chi connectivity index (χ0v) is 10.7. The Kier molecular flexibility index (Phi) is 3.46. The van der Waals surface area contributed by atoms with Crippen LogP contribution >= 0.6 is 0 Å².